The van der Waals surface area contributed by atoms with Crippen molar-refractivity contribution < 1.29 is 0 Å². The fourth-order valence-electron chi connectivity index (χ4n) is 1.92. The maximum absolute atomic E-state index is 5.95. The van der Waals surface area contributed by atoms with E-state index in [9.17, 15) is 0 Å². The van der Waals surface area contributed by atoms with Crippen LogP contribution in [0.1, 0.15) is 47.5 Å². The molecule has 0 radical (unpaired) electrons. The van der Waals surface area contributed by atoms with Crippen LogP contribution in [0, 0.1) is 11.8 Å². The van der Waals surface area contributed by atoms with E-state index in [-0.39, 0.29) is 0 Å². The molecule has 3 atom stereocenters. The molecule has 0 aliphatic rings. The van der Waals surface area contributed by atoms with Crippen LogP contribution < -0.4 is 0 Å². The quantitative estimate of drug-likeness (QED) is 0.451. The van der Waals surface area contributed by atoms with Crippen LogP contribution in [0.4, 0.5) is 0 Å². The Hall–Kier alpha value is 0.0300. The van der Waals surface area contributed by atoms with E-state index >= 15 is 0 Å². The van der Waals surface area contributed by atoms with E-state index in [0.717, 1.165) is 12.3 Å². The summed E-state index contributed by atoms with van der Waals surface area (Å²) >= 11 is 5.95. The van der Waals surface area contributed by atoms with Crippen molar-refractivity contribution in [2.45, 2.75) is 52.8 Å². The van der Waals surface area contributed by atoms with Crippen LogP contribution in [-0.4, -0.2) is 5.38 Å². The number of rotatable bonds is 5. The minimum absolute atomic E-state index is 0.314. The Labute approximate surface area is 88.4 Å². The molecule has 78 valence electrons. The fraction of sp³-hybridized carbons (Fsp3) is 0.833. The predicted octanol–water partition coefficient (Wildman–Crippen LogP) is 4.63. The second kappa shape index (κ2) is 6.48. The zero-order chi connectivity index (χ0) is 10.4. The van der Waals surface area contributed by atoms with E-state index < -0.39 is 0 Å². The lowest BCUT2D eigenvalue weighted by atomic mass is 9.92. The Morgan fingerprint density at radius 2 is 1.69 bits per heavy atom. The number of hydrogen-bond donors (Lipinski definition) is 0. The topological polar surface area (TPSA) is 0 Å². The summed E-state index contributed by atoms with van der Waals surface area (Å²) in [7, 11) is 0. The summed E-state index contributed by atoms with van der Waals surface area (Å²) in [5.41, 5.74) is 1.42. The van der Waals surface area contributed by atoms with Crippen molar-refractivity contribution in [2.75, 3.05) is 0 Å². The summed E-state index contributed by atoms with van der Waals surface area (Å²) in [6.07, 6.45) is 4.72. The first-order valence-corrected chi connectivity index (χ1v) is 5.64. The average Bonchev–Trinajstić information content (AvgIpc) is 1.80. The maximum atomic E-state index is 5.95. The van der Waals surface area contributed by atoms with Gasteiger partial charge in [-0.1, -0.05) is 25.5 Å². The van der Waals surface area contributed by atoms with Gasteiger partial charge >= 0.3 is 0 Å². The highest BCUT2D eigenvalue weighted by Crippen LogP contribution is 2.20. The fourth-order valence-corrected chi connectivity index (χ4v) is 2.23. The Morgan fingerprint density at radius 1 is 1.15 bits per heavy atom. The zero-order valence-electron chi connectivity index (χ0n) is 9.60. The Balaban J connectivity index is 3.78. The summed E-state index contributed by atoms with van der Waals surface area (Å²) < 4.78 is 0. The van der Waals surface area contributed by atoms with Crippen LogP contribution in [-0.2, 0) is 0 Å². The molecule has 0 fully saturated rings. The monoisotopic (exact) mass is 202 g/mol. The van der Waals surface area contributed by atoms with E-state index in [4.69, 9.17) is 11.6 Å². The summed E-state index contributed by atoms with van der Waals surface area (Å²) in [5, 5.41) is 0.314. The third-order valence-electron chi connectivity index (χ3n) is 2.12. The van der Waals surface area contributed by atoms with Crippen molar-refractivity contribution in [3.05, 3.63) is 11.6 Å². The van der Waals surface area contributed by atoms with Gasteiger partial charge in [-0.3, -0.25) is 0 Å². The Morgan fingerprint density at radius 3 is 2.08 bits per heavy atom. The molecular weight excluding hydrogens is 180 g/mol. The van der Waals surface area contributed by atoms with Gasteiger partial charge in [0.15, 0.2) is 0 Å². The van der Waals surface area contributed by atoms with Gasteiger partial charge in [0.1, 0.15) is 0 Å². The van der Waals surface area contributed by atoms with Gasteiger partial charge in [-0.15, -0.1) is 11.6 Å². The van der Waals surface area contributed by atoms with Crippen molar-refractivity contribution in [1.29, 1.82) is 0 Å². The molecule has 0 aromatic heterocycles. The molecule has 0 aromatic carbocycles. The molecule has 0 bridgehead atoms. The normalized spacial score (nSPS) is 17.7. The Bertz CT molecular complexity index is 155. The van der Waals surface area contributed by atoms with Crippen LogP contribution in [0.3, 0.4) is 0 Å². The molecule has 0 aromatic rings. The standard InChI is InChI=1S/C12H23Cl/c1-9(2)6-10(3)7-11(4)8-12(5)13/h6,10-12H,7-8H2,1-5H3. The summed E-state index contributed by atoms with van der Waals surface area (Å²) in [4.78, 5) is 0. The zero-order valence-corrected chi connectivity index (χ0v) is 10.4. The van der Waals surface area contributed by atoms with Gasteiger partial charge in [0.05, 0.1) is 0 Å². The van der Waals surface area contributed by atoms with Crippen LogP contribution in [0.25, 0.3) is 0 Å². The third kappa shape index (κ3) is 8.36. The van der Waals surface area contributed by atoms with Crippen LogP contribution in [0.5, 0.6) is 0 Å². The molecule has 0 saturated heterocycles. The summed E-state index contributed by atoms with van der Waals surface area (Å²) in [6.45, 7) is 11.0. The van der Waals surface area contributed by atoms with Crippen LogP contribution >= 0.6 is 11.6 Å². The molecule has 13 heavy (non-hydrogen) atoms. The lowest BCUT2D eigenvalue weighted by molar-refractivity contribution is 0.436. The van der Waals surface area contributed by atoms with Crippen molar-refractivity contribution in [3.63, 3.8) is 0 Å². The molecule has 0 saturated carbocycles. The first kappa shape index (κ1) is 13.0. The minimum Gasteiger partial charge on any atom is -0.123 e. The van der Waals surface area contributed by atoms with Gasteiger partial charge in [-0.2, -0.15) is 0 Å². The predicted molar refractivity (Wildman–Crippen MR) is 62.3 cm³/mol. The smallest absolute Gasteiger partial charge is 0.0310 e. The van der Waals surface area contributed by atoms with Gasteiger partial charge in [0.2, 0.25) is 0 Å². The van der Waals surface area contributed by atoms with E-state index in [0.29, 0.717) is 11.3 Å². The third-order valence-corrected chi connectivity index (χ3v) is 2.30. The lowest BCUT2D eigenvalue weighted by Crippen LogP contribution is -2.06. The molecule has 0 nitrogen and oxygen atoms in total. The van der Waals surface area contributed by atoms with Crippen LogP contribution in [0.15, 0.2) is 11.6 Å². The molecule has 0 amide bonds. The maximum Gasteiger partial charge on any atom is 0.0310 e. The van der Waals surface area contributed by atoms with E-state index in [2.05, 4.69) is 40.7 Å². The molecule has 1 heteroatoms. The molecule has 0 N–H and O–H groups in total. The molecule has 0 spiro atoms. The molecule has 3 unspecified atom stereocenters. The highest BCUT2D eigenvalue weighted by molar-refractivity contribution is 6.20. The SMILES string of the molecule is CC(C)=CC(C)CC(C)CC(C)Cl. The highest BCUT2D eigenvalue weighted by atomic mass is 35.5. The molecule has 0 aliphatic carbocycles. The van der Waals surface area contributed by atoms with Gasteiger partial charge in [0.25, 0.3) is 0 Å². The minimum atomic E-state index is 0.314. The van der Waals surface area contributed by atoms with Gasteiger partial charge in [0, 0.05) is 5.38 Å². The second-order valence-corrected chi connectivity index (χ2v) is 5.32. The van der Waals surface area contributed by atoms with E-state index in [1.165, 1.54) is 12.0 Å². The lowest BCUT2D eigenvalue weighted by Gasteiger charge is -2.15. The largest absolute Gasteiger partial charge is 0.123 e. The highest BCUT2D eigenvalue weighted by Gasteiger charge is 2.09. The molecule has 0 aliphatic heterocycles. The van der Waals surface area contributed by atoms with Crippen LogP contribution in [0.2, 0.25) is 0 Å². The number of allylic oxidation sites excluding steroid dienone is 2. The van der Waals surface area contributed by atoms with E-state index in [1.807, 2.05) is 0 Å². The van der Waals surface area contributed by atoms with Crippen molar-refractivity contribution in [2.24, 2.45) is 11.8 Å². The first-order valence-electron chi connectivity index (χ1n) is 5.21. The molecule has 0 rings (SSSR count). The first-order chi connectivity index (χ1) is 5.91. The van der Waals surface area contributed by atoms with Crippen molar-refractivity contribution in [3.8, 4) is 0 Å². The summed E-state index contributed by atoms with van der Waals surface area (Å²) in [5.74, 6) is 1.42. The molecular formula is C12H23Cl. The van der Waals surface area contributed by atoms with Crippen molar-refractivity contribution in [1.82, 2.24) is 0 Å². The van der Waals surface area contributed by atoms with Gasteiger partial charge in [-0.25, -0.2) is 0 Å². The Kier molecular flexibility index (Phi) is 6.49. The van der Waals surface area contributed by atoms with E-state index in [1.54, 1.807) is 0 Å². The average molecular weight is 203 g/mol. The van der Waals surface area contributed by atoms with Crippen molar-refractivity contribution >= 4 is 11.6 Å². The second-order valence-electron chi connectivity index (χ2n) is 4.58. The van der Waals surface area contributed by atoms with Gasteiger partial charge in [-0.05, 0) is 45.4 Å². The van der Waals surface area contributed by atoms with Gasteiger partial charge < -0.3 is 0 Å². The number of alkyl halides is 1. The molecule has 0 heterocycles. The summed E-state index contributed by atoms with van der Waals surface area (Å²) in [6, 6.07) is 0. The number of halogens is 1. The number of hydrogen-bond acceptors (Lipinski definition) is 0.